The fourth-order valence-corrected chi connectivity index (χ4v) is 7.54. The van der Waals surface area contributed by atoms with Crippen molar-refractivity contribution in [1.82, 2.24) is 0 Å². The Hall–Kier alpha value is -4.05. The fraction of sp³-hybridized carbons (Fsp3) is 0.348. The van der Waals surface area contributed by atoms with E-state index in [-0.39, 0.29) is 12.7 Å². The Balaban J connectivity index is 1.27. The molecular weight excluding hydrogens is 700 g/mol. The Bertz CT molecular complexity index is 1900. The van der Waals surface area contributed by atoms with E-state index in [9.17, 15) is 5.11 Å². The van der Waals surface area contributed by atoms with E-state index in [1.54, 1.807) is 0 Å². The molecule has 0 aromatic heterocycles. The first kappa shape index (κ1) is 38.2. The maximum absolute atomic E-state index is 13.2. The molecule has 1 N–H and O–H groups in total. The smallest absolute Gasteiger partial charge is 0.223 e. The maximum atomic E-state index is 13.2. The molecule has 0 aliphatic carbocycles. The van der Waals surface area contributed by atoms with Crippen LogP contribution < -0.4 is 4.74 Å². The van der Waals surface area contributed by atoms with Gasteiger partial charge in [0.2, 0.25) is 5.79 Å². The molecule has 2 saturated heterocycles. The Morgan fingerprint density at radius 3 is 1.70 bits per heavy atom. The molecule has 282 valence electrons. The lowest BCUT2D eigenvalue weighted by atomic mass is 9.77. The third-order valence-electron chi connectivity index (χ3n) is 10.6. The molecule has 2 aliphatic rings. The molecule has 54 heavy (non-hydrogen) atoms. The van der Waals surface area contributed by atoms with Crippen molar-refractivity contribution < 1.29 is 33.5 Å². The summed E-state index contributed by atoms with van der Waals surface area (Å²) >= 11 is 6.88. The van der Waals surface area contributed by atoms with Crippen LogP contribution in [-0.4, -0.2) is 48.3 Å². The van der Waals surface area contributed by atoms with Crippen LogP contribution in [0.2, 0.25) is 5.02 Å². The molecule has 4 atom stereocenters. The predicted molar refractivity (Wildman–Crippen MR) is 209 cm³/mol. The van der Waals surface area contributed by atoms with Crippen molar-refractivity contribution in [1.29, 1.82) is 0 Å². The zero-order valence-corrected chi connectivity index (χ0v) is 31.7. The first-order chi connectivity index (χ1) is 26.4. The highest BCUT2D eigenvalue weighted by Crippen LogP contribution is 2.49. The number of ether oxygens (including phenoxy) is 6. The molecule has 4 unspecified atom stereocenters. The second-order valence-corrected chi connectivity index (χ2v) is 14.6. The molecule has 0 bridgehead atoms. The average molecular weight is 749 g/mol. The summed E-state index contributed by atoms with van der Waals surface area (Å²) < 4.78 is 38.9. The van der Waals surface area contributed by atoms with E-state index in [2.05, 4.69) is 13.8 Å². The average Bonchev–Trinajstić information content (AvgIpc) is 3.20. The molecule has 2 fully saturated rings. The van der Waals surface area contributed by atoms with Gasteiger partial charge in [-0.25, -0.2) is 0 Å². The first-order valence-electron chi connectivity index (χ1n) is 18.9. The Morgan fingerprint density at radius 2 is 1.19 bits per heavy atom. The van der Waals surface area contributed by atoms with Gasteiger partial charge in [0.1, 0.15) is 35.8 Å². The molecule has 5 aromatic rings. The van der Waals surface area contributed by atoms with E-state index in [0.717, 1.165) is 33.6 Å². The zero-order chi connectivity index (χ0) is 37.4. The molecule has 0 spiro atoms. The van der Waals surface area contributed by atoms with Crippen LogP contribution in [-0.2, 0) is 55.7 Å². The number of rotatable bonds is 16. The number of aliphatic hydroxyl groups is 1. The van der Waals surface area contributed by atoms with Gasteiger partial charge >= 0.3 is 0 Å². The summed E-state index contributed by atoms with van der Waals surface area (Å²) in [6.07, 6.45) is -0.561. The maximum Gasteiger partial charge on any atom is 0.223 e. The third kappa shape index (κ3) is 8.74. The third-order valence-corrected chi connectivity index (χ3v) is 10.9. The van der Waals surface area contributed by atoms with Crippen LogP contribution in [0.15, 0.2) is 133 Å². The molecule has 2 aliphatic heterocycles. The molecule has 8 heteroatoms. The van der Waals surface area contributed by atoms with Crippen LogP contribution in [0.25, 0.3) is 0 Å². The van der Waals surface area contributed by atoms with Gasteiger partial charge in [-0.3, -0.25) is 0 Å². The van der Waals surface area contributed by atoms with Crippen LogP contribution in [0.1, 0.15) is 60.1 Å². The summed E-state index contributed by atoms with van der Waals surface area (Å²) in [4.78, 5) is 0. The highest BCUT2D eigenvalue weighted by atomic mass is 35.5. The monoisotopic (exact) mass is 748 g/mol. The lowest BCUT2D eigenvalue weighted by Gasteiger charge is -2.56. The van der Waals surface area contributed by atoms with E-state index < -0.39 is 29.7 Å². The van der Waals surface area contributed by atoms with Crippen LogP contribution in [0.3, 0.4) is 0 Å². The fourth-order valence-electron chi connectivity index (χ4n) is 7.36. The molecule has 5 aromatic carbocycles. The Kier molecular flexibility index (Phi) is 12.5. The summed E-state index contributed by atoms with van der Waals surface area (Å²) in [5.74, 6) is -1.13. The molecule has 2 heterocycles. The number of hydrogen-bond acceptors (Lipinski definition) is 7. The van der Waals surface area contributed by atoms with Gasteiger partial charge in [-0.05, 0) is 71.3 Å². The van der Waals surface area contributed by atoms with Crippen molar-refractivity contribution in [3.63, 3.8) is 0 Å². The van der Waals surface area contributed by atoms with Crippen molar-refractivity contribution in [2.75, 3.05) is 13.2 Å². The summed E-state index contributed by atoms with van der Waals surface area (Å²) in [7, 11) is 0. The van der Waals surface area contributed by atoms with Crippen LogP contribution in [0.5, 0.6) is 5.75 Å². The highest BCUT2D eigenvalue weighted by molar-refractivity contribution is 6.31. The second kappa shape index (κ2) is 17.6. The summed E-state index contributed by atoms with van der Waals surface area (Å²) in [5.41, 5.74) is 4.49. The first-order valence-corrected chi connectivity index (χ1v) is 19.3. The molecule has 0 amide bonds. The second-order valence-electron chi connectivity index (χ2n) is 14.2. The van der Waals surface area contributed by atoms with Crippen molar-refractivity contribution in [2.45, 2.75) is 88.7 Å². The van der Waals surface area contributed by atoms with Crippen molar-refractivity contribution in [3.05, 3.63) is 172 Å². The minimum atomic E-state index is -1.93. The van der Waals surface area contributed by atoms with E-state index in [0.29, 0.717) is 56.3 Å². The highest BCUT2D eigenvalue weighted by Gasteiger charge is 2.62. The van der Waals surface area contributed by atoms with E-state index in [4.69, 9.17) is 40.0 Å². The molecule has 0 radical (unpaired) electrons. The van der Waals surface area contributed by atoms with E-state index in [1.807, 2.05) is 133 Å². The Morgan fingerprint density at radius 1 is 0.648 bits per heavy atom. The summed E-state index contributed by atoms with van der Waals surface area (Å²) in [6.45, 7) is 6.22. The summed E-state index contributed by atoms with van der Waals surface area (Å²) in [5, 5.41) is 13.8. The van der Waals surface area contributed by atoms with Crippen molar-refractivity contribution in [2.24, 2.45) is 0 Å². The van der Waals surface area contributed by atoms with Crippen LogP contribution in [0.4, 0.5) is 0 Å². The number of halogens is 1. The van der Waals surface area contributed by atoms with Gasteiger partial charge < -0.3 is 33.5 Å². The molecule has 0 saturated carbocycles. The van der Waals surface area contributed by atoms with E-state index in [1.165, 1.54) is 0 Å². The quantitative estimate of drug-likeness (QED) is 0.108. The van der Waals surface area contributed by atoms with Gasteiger partial charge in [-0.15, -0.1) is 0 Å². The van der Waals surface area contributed by atoms with Gasteiger partial charge in [0.25, 0.3) is 0 Å². The summed E-state index contributed by atoms with van der Waals surface area (Å²) in [6, 6.07) is 43.7. The lowest BCUT2D eigenvalue weighted by molar-refractivity contribution is -0.404. The van der Waals surface area contributed by atoms with Crippen molar-refractivity contribution in [3.8, 4) is 5.75 Å². The van der Waals surface area contributed by atoms with Gasteiger partial charge in [0.05, 0.1) is 33.0 Å². The largest absolute Gasteiger partial charge is 0.486 e. The van der Waals surface area contributed by atoms with Gasteiger partial charge in [0.15, 0.2) is 0 Å². The van der Waals surface area contributed by atoms with Crippen molar-refractivity contribution >= 4 is 11.6 Å². The van der Waals surface area contributed by atoms with E-state index >= 15 is 0 Å². The minimum Gasteiger partial charge on any atom is -0.486 e. The van der Waals surface area contributed by atoms with Gasteiger partial charge in [-0.1, -0.05) is 135 Å². The van der Waals surface area contributed by atoms with Crippen LogP contribution >= 0.6 is 11.6 Å². The standard InChI is InChI=1S/C46H49ClO7/c1-3-45(4-2)43(51-29-35-16-10-6-11-17-35)42(50-28-34-14-8-5-9-15-34)44(52-30-36-18-12-7-13-19-36)46(48,54-45)38-22-25-41(47)37(27-38)26-33-20-23-39(24-21-33)53-40-31-49-32-40/h5-25,27,40,42-44,48H,3-4,26,28-32H2,1-2H3. The van der Waals surface area contributed by atoms with Gasteiger partial charge in [-0.2, -0.15) is 0 Å². The lowest BCUT2D eigenvalue weighted by Crippen LogP contribution is -2.69. The normalized spacial score (nSPS) is 22.4. The molecular formula is C46H49ClO7. The zero-order valence-electron chi connectivity index (χ0n) is 30.9. The van der Waals surface area contributed by atoms with Crippen LogP contribution in [0, 0.1) is 0 Å². The Labute approximate surface area is 323 Å². The SMILES string of the molecule is CCC1(CC)OC(O)(c2ccc(Cl)c(Cc3ccc(OC4COC4)cc3)c2)C(OCc2ccccc2)C(OCc2ccccc2)C1OCc1ccccc1. The molecule has 7 rings (SSSR count). The minimum absolute atomic E-state index is 0.0949. The number of benzene rings is 5. The predicted octanol–water partition coefficient (Wildman–Crippen LogP) is 9.20. The molecule has 7 nitrogen and oxygen atoms in total. The van der Waals surface area contributed by atoms with Gasteiger partial charge in [0, 0.05) is 10.6 Å². The topological polar surface area (TPSA) is 75.6 Å². The number of hydrogen-bond donors (Lipinski definition) is 1.